The lowest BCUT2D eigenvalue weighted by molar-refractivity contribution is -0.153. The van der Waals surface area contributed by atoms with E-state index in [0.29, 0.717) is 18.5 Å². The highest BCUT2D eigenvalue weighted by atomic mass is 19.4. The number of hydrogen-bond acceptors (Lipinski definition) is 6. The van der Waals surface area contributed by atoms with Gasteiger partial charge in [0.1, 0.15) is 12.7 Å². The molecular weight excluding hydrogens is 447 g/mol. The molecule has 0 aromatic heterocycles. The van der Waals surface area contributed by atoms with Crippen LogP contribution >= 0.6 is 0 Å². The molecule has 0 radical (unpaired) electrons. The third-order valence-corrected chi connectivity index (χ3v) is 5.69. The molecule has 0 amide bonds. The monoisotopic (exact) mass is 477 g/mol. The average Bonchev–Trinajstić information content (AvgIpc) is 3.24. The summed E-state index contributed by atoms with van der Waals surface area (Å²) in [6, 6.07) is 12.7. The first-order valence-corrected chi connectivity index (χ1v) is 11.4. The zero-order chi connectivity index (χ0) is 24.6. The molecule has 6 nitrogen and oxygen atoms in total. The van der Waals surface area contributed by atoms with Crippen LogP contribution in [0.2, 0.25) is 0 Å². The van der Waals surface area contributed by atoms with Crippen molar-refractivity contribution in [1.82, 2.24) is 5.32 Å². The van der Waals surface area contributed by atoms with Gasteiger partial charge >= 0.3 is 6.18 Å². The Morgan fingerprint density at radius 1 is 1.21 bits per heavy atom. The van der Waals surface area contributed by atoms with Gasteiger partial charge in [0, 0.05) is 32.3 Å². The van der Waals surface area contributed by atoms with Gasteiger partial charge < -0.3 is 24.8 Å². The fraction of sp³-hybridized carbons (Fsp3) is 0.480. The van der Waals surface area contributed by atoms with Crippen molar-refractivity contribution in [2.75, 3.05) is 44.4 Å². The second kappa shape index (κ2) is 12.0. The van der Waals surface area contributed by atoms with E-state index in [0.717, 1.165) is 42.7 Å². The lowest BCUT2D eigenvalue weighted by Crippen LogP contribution is -2.26. The molecule has 0 fully saturated rings. The maximum Gasteiger partial charge on any atom is 0.422 e. The minimum absolute atomic E-state index is 0.00390. The van der Waals surface area contributed by atoms with Crippen molar-refractivity contribution in [3.63, 3.8) is 0 Å². The van der Waals surface area contributed by atoms with Crippen LogP contribution in [0.5, 0.6) is 11.5 Å². The van der Waals surface area contributed by atoms with Crippen molar-refractivity contribution in [3.05, 3.63) is 53.1 Å². The smallest absolute Gasteiger partial charge is 0.422 e. The number of para-hydroxylation sites is 2. The molecule has 1 aliphatic heterocycles. The summed E-state index contributed by atoms with van der Waals surface area (Å²) in [6.07, 6.45) is -2.10. The summed E-state index contributed by atoms with van der Waals surface area (Å²) >= 11 is 0. The number of aliphatic hydroxyl groups excluding tert-OH is 1. The standard InChI is InChI=1S/C25H30F3N3O3/c1-2-21(19-14-18-8-11-31(10-5-12-32)24(18)20(15-19)16-29)30-9-13-33-22-6-3-4-7-23(22)34-17-25(26,27)28/h3-4,6-7,14-15,21,30,32H,2,5,8-13,17H2,1H3/t21-/m1/s1. The average molecular weight is 478 g/mol. The molecule has 2 aromatic carbocycles. The Kier molecular flexibility index (Phi) is 9.02. The molecule has 184 valence electrons. The highest BCUT2D eigenvalue weighted by molar-refractivity contribution is 5.68. The SMILES string of the molecule is CC[C@@H](NCCOc1ccccc1OCC(F)(F)F)c1cc(C#N)c2c(c1)CCN2CCCO. The Hall–Kier alpha value is -2.96. The molecule has 1 heterocycles. The fourth-order valence-corrected chi connectivity index (χ4v) is 4.16. The number of halogens is 3. The first-order chi connectivity index (χ1) is 16.4. The van der Waals surface area contributed by atoms with E-state index < -0.39 is 12.8 Å². The van der Waals surface area contributed by atoms with E-state index in [4.69, 9.17) is 14.6 Å². The van der Waals surface area contributed by atoms with Crippen molar-refractivity contribution in [1.29, 1.82) is 5.26 Å². The summed E-state index contributed by atoms with van der Waals surface area (Å²) in [7, 11) is 0. The summed E-state index contributed by atoms with van der Waals surface area (Å²) < 4.78 is 47.9. The van der Waals surface area contributed by atoms with E-state index >= 15 is 0 Å². The third-order valence-electron chi connectivity index (χ3n) is 5.69. The first-order valence-electron chi connectivity index (χ1n) is 11.4. The maximum absolute atomic E-state index is 12.5. The Morgan fingerprint density at radius 2 is 1.94 bits per heavy atom. The van der Waals surface area contributed by atoms with Gasteiger partial charge in [-0.25, -0.2) is 0 Å². The van der Waals surface area contributed by atoms with Crippen LogP contribution in [-0.2, 0) is 6.42 Å². The number of nitriles is 1. The molecule has 1 atom stereocenters. The first kappa shape index (κ1) is 25.7. The minimum atomic E-state index is -4.42. The molecule has 2 N–H and O–H groups in total. The van der Waals surface area contributed by atoms with Gasteiger partial charge in [-0.3, -0.25) is 0 Å². The summed E-state index contributed by atoms with van der Waals surface area (Å²) in [5.41, 5.74) is 3.76. The summed E-state index contributed by atoms with van der Waals surface area (Å²) in [6.45, 7) is 3.06. The van der Waals surface area contributed by atoms with E-state index in [1.54, 1.807) is 18.2 Å². The fourth-order valence-electron chi connectivity index (χ4n) is 4.16. The number of alkyl halides is 3. The number of rotatable bonds is 12. The van der Waals surface area contributed by atoms with Gasteiger partial charge in [-0.2, -0.15) is 18.4 Å². The number of benzene rings is 2. The Balaban J connectivity index is 1.60. The highest BCUT2D eigenvalue weighted by Gasteiger charge is 2.29. The van der Waals surface area contributed by atoms with Crippen LogP contribution in [0.1, 0.15) is 42.5 Å². The van der Waals surface area contributed by atoms with Gasteiger partial charge in [0.05, 0.1) is 11.3 Å². The van der Waals surface area contributed by atoms with Crippen molar-refractivity contribution in [3.8, 4) is 17.6 Å². The van der Waals surface area contributed by atoms with Gasteiger partial charge in [0.15, 0.2) is 18.1 Å². The number of fused-ring (bicyclic) bond motifs is 1. The summed E-state index contributed by atoms with van der Waals surface area (Å²) in [5, 5.41) is 22.3. The Morgan fingerprint density at radius 3 is 2.59 bits per heavy atom. The molecule has 0 bridgehead atoms. The Labute approximate surface area is 197 Å². The molecule has 9 heteroatoms. The number of hydrogen-bond donors (Lipinski definition) is 2. The Bertz CT molecular complexity index is 992. The van der Waals surface area contributed by atoms with Gasteiger partial charge in [-0.15, -0.1) is 0 Å². The van der Waals surface area contributed by atoms with Crippen LogP contribution in [-0.4, -0.2) is 50.7 Å². The van der Waals surface area contributed by atoms with Gasteiger partial charge in [-0.1, -0.05) is 25.1 Å². The molecule has 0 unspecified atom stereocenters. The third kappa shape index (κ3) is 6.78. The van der Waals surface area contributed by atoms with Crippen LogP contribution in [0.3, 0.4) is 0 Å². The normalized spacial score (nSPS) is 13.9. The molecule has 34 heavy (non-hydrogen) atoms. The molecule has 2 aromatic rings. The molecule has 3 rings (SSSR count). The lowest BCUT2D eigenvalue weighted by Gasteiger charge is -2.23. The van der Waals surface area contributed by atoms with Crippen LogP contribution in [0, 0.1) is 11.3 Å². The number of aliphatic hydroxyl groups is 1. The van der Waals surface area contributed by atoms with Crippen LogP contribution in [0.15, 0.2) is 36.4 Å². The van der Waals surface area contributed by atoms with Crippen molar-refractivity contribution in [2.24, 2.45) is 0 Å². The second-order valence-corrected chi connectivity index (χ2v) is 8.12. The van der Waals surface area contributed by atoms with Crippen LogP contribution < -0.4 is 19.7 Å². The molecule has 1 aliphatic rings. The zero-order valence-electron chi connectivity index (χ0n) is 19.2. The van der Waals surface area contributed by atoms with E-state index in [9.17, 15) is 18.4 Å². The molecule has 0 aliphatic carbocycles. The molecule has 0 saturated carbocycles. The van der Waals surface area contributed by atoms with Crippen molar-refractivity contribution in [2.45, 2.75) is 38.4 Å². The zero-order valence-corrected chi connectivity index (χ0v) is 19.2. The largest absolute Gasteiger partial charge is 0.488 e. The van der Waals surface area contributed by atoms with E-state index in [1.807, 2.05) is 13.0 Å². The molecule has 0 spiro atoms. The van der Waals surface area contributed by atoms with Gasteiger partial charge in [0.25, 0.3) is 0 Å². The number of anilines is 1. The number of nitrogens with zero attached hydrogens (tertiary/aromatic N) is 2. The van der Waals surface area contributed by atoms with Crippen molar-refractivity contribution < 1.29 is 27.8 Å². The number of nitrogens with one attached hydrogen (secondary N) is 1. The minimum Gasteiger partial charge on any atom is -0.488 e. The van der Waals surface area contributed by atoms with E-state index in [2.05, 4.69) is 22.4 Å². The maximum atomic E-state index is 12.5. The molecule has 0 saturated heterocycles. The second-order valence-electron chi connectivity index (χ2n) is 8.12. The lowest BCUT2D eigenvalue weighted by atomic mass is 9.97. The van der Waals surface area contributed by atoms with Crippen LogP contribution in [0.25, 0.3) is 0 Å². The van der Waals surface area contributed by atoms with E-state index in [1.165, 1.54) is 6.07 Å². The number of ether oxygens (including phenoxy) is 2. The van der Waals surface area contributed by atoms with Crippen LogP contribution in [0.4, 0.5) is 18.9 Å². The summed E-state index contributed by atoms with van der Waals surface area (Å²) in [5.74, 6) is 0.309. The van der Waals surface area contributed by atoms with E-state index in [-0.39, 0.29) is 30.8 Å². The van der Waals surface area contributed by atoms with Crippen molar-refractivity contribution >= 4 is 5.69 Å². The predicted octanol–water partition coefficient (Wildman–Crippen LogP) is 4.36. The molecular formula is C25H30F3N3O3. The highest BCUT2D eigenvalue weighted by Crippen LogP contribution is 2.35. The quantitative estimate of drug-likeness (QED) is 0.442. The van der Waals surface area contributed by atoms with Gasteiger partial charge in [-0.05, 0) is 48.6 Å². The van der Waals surface area contributed by atoms with Gasteiger partial charge in [0.2, 0.25) is 0 Å². The topological polar surface area (TPSA) is 77.8 Å². The summed E-state index contributed by atoms with van der Waals surface area (Å²) in [4.78, 5) is 2.16. The predicted molar refractivity (Wildman–Crippen MR) is 123 cm³/mol.